The van der Waals surface area contributed by atoms with E-state index in [1.54, 1.807) is 14.2 Å². The van der Waals surface area contributed by atoms with Crippen LogP contribution >= 0.6 is 0 Å². The van der Waals surface area contributed by atoms with Crippen LogP contribution in [0.2, 0.25) is 0 Å². The number of aldehydes is 1. The van der Waals surface area contributed by atoms with E-state index in [0.717, 1.165) is 12.7 Å². The van der Waals surface area contributed by atoms with Gasteiger partial charge in [-0.05, 0) is 31.1 Å². The van der Waals surface area contributed by atoms with Crippen LogP contribution in [0.1, 0.15) is 33.6 Å². The first kappa shape index (κ1) is 15.4. The third-order valence-corrected chi connectivity index (χ3v) is 4.24. The zero-order valence-electron chi connectivity index (χ0n) is 12.2. The van der Waals surface area contributed by atoms with Gasteiger partial charge in [0.25, 0.3) is 0 Å². The highest BCUT2D eigenvalue weighted by atomic mass is 16.7. The Morgan fingerprint density at radius 3 is 2.44 bits per heavy atom. The van der Waals surface area contributed by atoms with Gasteiger partial charge in [0, 0.05) is 26.6 Å². The summed E-state index contributed by atoms with van der Waals surface area (Å²) in [7, 11) is 3.36. The van der Waals surface area contributed by atoms with E-state index in [2.05, 4.69) is 26.8 Å². The number of ether oxygens (including phenoxy) is 2. The Labute approximate surface area is 111 Å². The van der Waals surface area contributed by atoms with Crippen LogP contribution in [0.3, 0.4) is 0 Å². The standard InChI is InChI=1S/C15H26O3/c1-10(2)12-7-6-11(3)13(8-9-16)14(12)15(17-4)18-5/h6,9-10,12-15H,7-8H2,1-5H3/t12-,13+,14+/m1/s1. The Morgan fingerprint density at radius 1 is 1.39 bits per heavy atom. The minimum Gasteiger partial charge on any atom is -0.356 e. The quantitative estimate of drug-likeness (QED) is 0.415. The summed E-state index contributed by atoms with van der Waals surface area (Å²) < 4.78 is 11.0. The van der Waals surface area contributed by atoms with Crippen LogP contribution in [0.5, 0.6) is 0 Å². The highest BCUT2D eigenvalue weighted by Gasteiger charge is 2.40. The van der Waals surface area contributed by atoms with Crippen LogP contribution in [0, 0.1) is 23.7 Å². The van der Waals surface area contributed by atoms with Gasteiger partial charge in [-0.2, -0.15) is 0 Å². The Balaban J connectivity index is 3.04. The van der Waals surface area contributed by atoms with Crippen LogP contribution in [-0.4, -0.2) is 26.8 Å². The summed E-state index contributed by atoms with van der Waals surface area (Å²) >= 11 is 0. The molecule has 0 radical (unpaired) electrons. The molecule has 0 saturated heterocycles. The van der Waals surface area contributed by atoms with Crippen molar-refractivity contribution in [1.82, 2.24) is 0 Å². The van der Waals surface area contributed by atoms with Gasteiger partial charge in [-0.15, -0.1) is 0 Å². The van der Waals surface area contributed by atoms with Crippen LogP contribution in [-0.2, 0) is 14.3 Å². The zero-order valence-corrected chi connectivity index (χ0v) is 12.2. The summed E-state index contributed by atoms with van der Waals surface area (Å²) in [4.78, 5) is 10.9. The Morgan fingerprint density at radius 2 is 2.00 bits per heavy atom. The molecule has 3 nitrogen and oxygen atoms in total. The second kappa shape index (κ2) is 7.05. The first-order chi connectivity index (χ1) is 8.56. The van der Waals surface area contributed by atoms with Crippen molar-refractivity contribution in [2.45, 2.75) is 39.9 Å². The van der Waals surface area contributed by atoms with E-state index in [4.69, 9.17) is 9.47 Å². The molecule has 0 aromatic heterocycles. The summed E-state index contributed by atoms with van der Waals surface area (Å²) in [6.07, 6.45) is 4.66. The monoisotopic (exact) mass is 254 g/mol. The fourth-order valence-corrected chi connectivity index (χ4v) is 3.20. The molecule has 0 heterocycles. The second-order valence-corrected chi connectivity index (χ2v) is 5.52. The maximum absolute atomic E-state index is 10.9. The molecule has 0 spiro atoms. The minimum atomic E-state index is -0.231. The molecular formula is C15H26O3. The summed E-state index contributed by atoms with van der Waals surface area (Å²) in [5.41, 5.74) is 1.29. The molecule has 3 heteroatoms. The number of hydrogen-bond acceptors (Lipinski definition) is 3. The zero-order chi connectivity index (χ0) is 13.7. The van der Waals surface area contributed by atoms with E-state index in [1.165, 1.54) is 5.57 Å². The SMILES string of the molecule is COC(OC)[C@H]1[C@@H](C(C)C)CC=C(C)[C@@H]1CC=O. The van der Waals surface area contributed by atoms with Crippen molar-refractivity contribution in [2.75, 3.05) is 14.2 Å². The number of allylic oxidation sites excluding steroid dienone is 2. The molecule has 0 fully saturated rings. The van der Waals surface area contributed by atoms with Crippen LogP contribution in [0.4, 0.5) is 0 Å². The average Bonchev–Trinajstić information content (AvgIpc) is 2.34. The van der Waals surface area contributed by atoms with E-state index in [1.807, 2.05) is 0 Å². The molecule has 0 unspecified atom stereocenters. The van der Waals surface area contributed by atoms with Crippen molar-refractivity contribution in [3.63, 3.8) is 0 Å². The first-order valence-electron chi connectivity index (χ1n) is 6.72. The van der Waals surface area contributed by atoms with E-state index in [0.29, 0.717) is 18.3 Å². The lowest BCUT2D eigenvalue weighted by Crippen LogP contribution is -2.41. The molecule has 0 aromatic rings. The van der Waals surface area contributed by atoms with Crippen molar-refractivity contribution in [3.05, 3.63) is 11.6 Å². The Kier molecular flexibility index (Phi) is 6.03. The van der Waals surface area contributed by atoms with Crippen LogP contribution in [0.25, 0.3) is 0 Å². The van der Waals surface area contributed by atoms with Crippen molar-refractivity contribution in [3.8, 4) is 0 Å². The first-order valence-corrected chi connectivity index (χ1v) is 6.72. The topological polar surface area (TPSA) is 35.5 Å². The Hall–Kier alpha value is -0.670. The van der Waals surface area contributed by atoms with Crippen molar-refractivity contribution < 1.29 is 14.3 Å². The van der Waals surface area contributed by atoms with E-state index >= 15 is 0 Å². The lowest BCUT2D eigenvalue weighted by atomic mass is 9.67. The summed E-state index contributed by atoms with van der Waals surface area (Å²) in [5, 5.41) is 0. The molecule has 1 rings (SSSR count). The highest BCUT2D eigenvalue weighted by molar-refractivity contribution is 5.51. The molecule has 18 heavy (non-hydrogen) atoms. The summed E-state index contributed by atoms with van der Waals surface area (Å²) in [6, 6.07) is 0. The largest absolute Gasteiger partial charge is 0.356 e. The lowest BCUT2D eigenvalue weighted by molar-refractivity contribution is -0.166. The predicted molar refractivity (Wildman–Crippen MR) is 72.2 cm³/mol. The van der Waals surface area contributed by atoms with Gasteiger partial charge < -0.3 is 14.3 Å². The number of rotatable bonds is 6. The van der Waals surface area contributed by atoms with Gasteiger partial charge in [-0.25, -0.2) is 0 Å². The van der Waals surface area contributed by atoms with Crippen molar-refractivity contribution in [1.29, 1.82) is 0 Å². The maximum atomic E-state index is 10.9. The summed E-state index contributed by atoms with van der Waals surface area (Å²) in [5.74, 6) is 1.56. The highest BCUT2D eigenvalue weighted by Crippen LogP contribution is 2.42. The molecule has 0 bridgehead atoms. The van der Waals surface area contributed by atoms with Crippen molar-refractivity contribution >= 4 is 6.29 Å². The average molecular weight is 254 g/mol. The van der Waals surface area contributed by atoms with Crippen LogP contribution < -0.4 is 0 Å². The molecule has 0 aliphatic heterocycles. The van der Waals surface area contributed by atoms with Gasteiger partial charge in [0.1, 0.15) is 6.29 Å². The van der Waals surface area contributed by atoms with E-state index in [9.17, 15) is 4.79 Å². The molecule has 0 N–H and O–H groups in total. The third-order valence-electron chi connectivity index (χ3n) is 4.24. The minimum absolute atomic E-state index is 0.231. The summed E-state index contributed by atoms with van der Waals surface area (Å²) in [6.45, 7) is 6.57. The smallest absolute Gasteiger partial charge is 0.160 e. The number of hydrogen-bond donors (Lipinski definition) is 0. The normalized spacial score (nSPS) is 28.6. The van der Waals surface area contributed by atoms with Gasteiger partial charge in [0.2, 0.25) is 0 Å². The number of carbonyl (C=O) groups is 1. The molecule has 1 aliphatic rings. The predicted octanol–water partition coefficient (Wildman–Crippen LogP) is 3.05. The maximum Gasteiger partial charge on any atom is 0.160 e. The molecule has 3 atom stereocenters. The van der Waals surface area contributed by atoms with Gasteiger partial charge in [0.15, 0.2) is 6.29 Å². The van der Waals surface area contributed by atoms with E-state index < -0.39 is 0 Å². The Bertz CT molecular complexity index is 292. The molecule has 0 saturated carbocycles. The lowest BCUT2D eigenvalue weighted by Gasteiger charge is -2.42. The molecule has 0 amide bonds. The third kappa shape index (κ3) is 3.21. The second-order valence-electron chi connectivity index (χ2n) is 5.52. The number of methoxy groups -OCH3 is 2. The molecule has 104 valence electrons. The number of carbonyl (C=O) groups excluding carboxylic acids is 1. The van der Waals surface area contributed by atoms with Crippen LogP contribution in [0.15, 0.2) is 11.6 Å². The van der Waals surface area contributed by atoms with Gasteiger partial charge in [0.05, 0.1) is 0 Å². The van der Waals surface area contributed by atoms with Crippen molar-refractivity contribution in [2.24, 2.45) is 23.7 Å². The fraction of sp³-hybridized carbons (Fsp3) is 0.800. The fourth-order valence-electron chi connectivity index (χ4n) is 3.20. The van der Waals surface area contributed by atoms with Gasteiger partial charge >= 0.3 is 0 Å². The molecular weight excluding hydrogens is 228 g/mol. The molecule has 1 aliphatic carbocycles. The van der Waals surface area contributed by atoms with Gasteiger partial charge in [-0.1, -0.05) is 25.5 Å². The van der Waals surface area contributed by atoms with Gasteiger partial charge in [-0.3, -0.25) is 0 Å². The molecule has 0 aromatic carbocycles. The van der Waals surface area contributed by atoms with E-state index in [-0.39, 0.29) is 18.1 Å².